The van der Waals surface area contributed by atoms with Crippen LogP contribution in [0, 0.1) is 0 Å². The Morgan fingerprint density at radius 3 is 2.42 bits per heavy atom. The molecule has 3 rings (SSSR count). The van der Waals surface area contributed by atoms with Crippen LogP contribution in [0.2, 0.25) is 5.02 Å². The monoisotopic (exact) mass is 371 g/mol. The molecule has 0 heterocycles. The van der Waals surface area contributed by atoms with Gasteiger partial charge in [-0.2, -0.15) is 0 Å². The molecule has 0 radical (unpaired) electrons. The summed E-state index contributed by atoms with van der Waals surface area (Å²) in [6.07, 6.45) is 5.90. The Kier molecular flexibility index (Phi) is 6.20. The van der Waals surface area contributed by atoms with Crippen molar-refractivity contribution in [2.24, 2.45) is 0 Å². The first-order chi connectivity index (χ1) is 12.7. The van der Waals surface area contributed by atoms with Crippen LogP contribution in [-0.4, -0.2) is 12.5 Å². The van der Waals surface area contributed by atoms with Gasteiger partial charge in [0.2, 0.25) is 5.91 Å². The lowest BCUT2D eigenvalue weighted by atomic mass is 9.68. The molecule has 1 amide bonds. The molecule has 0 unspecified atom stereocenters. The molecule has 0 aliphatic heterocycles. The minimum absolute atomic E-state index is 0.0347. The summed E-state index contributed by atoms with van der Waals surface area (Å²) in [5.41, 5.74) is 1.19. The number of anilines is 1. The number of rotatable bonds is 6. The van der Waals surface area contributed by atoms with Gasteiger partial charge < -0.3 is 10.1 Å². The fourth-order valence-corrected chi connectivity index (χ4v) is 4.05. The molecule has 1 saturated carbocycles. The van der Waals surface area contributed by atoms with Gasteiger partial charge in [-0.05, 0) is 55.2 Å². The molecule has 1 aliphatic carbocycles. The molecule has 1 N–H and O–H groups in total. The summed E-state index contributed by atoms with van der Waals surface area (Å²) in [6, 6.07) is 15.3. The summed E-state index contributed by atoms with van der Waals surface area (Å²) < 4.78 is 5.61. The van der Waals surface area contributed by atoms with Gasteiger partial charge in [-0.1, -0.05) is 56.0 Å². The number of hydrogen-bond acceptors (Lipinski definition) is 2. The van der Waals surface area contributed by atoms with Crippen molar-refractivity contribution < 1.29 is 9.53 Å². The smallest absolute Gasteiger partial charge is 0.235 e. The third-order valence-electron chi connectivity index (χ3n) is 5.12. The molecule has 0 aromatic heterocycles. The van der Waals surface area contributed by atoms with Gasteiger partial charge in [0.05, 0.1) is 12.0 Å². The van der Waals surface area contributed by atoms with Gasteiger partial charge in [-0.15, -0.1) is 0 Å². The van der Waals surface area contributed by atoms with Crippen LogP contribution in [0.3, 0.4) is 0 Å². The summed E-state index contributed by atoms with van der Waals surface area (Å²) in [5.74, 6) is 0.857. The predicted molar refractivity (Wildman–Crippen MR) is 107 cm³/mol. The van der Waals surface area contributed by atoms with Gasteiger partial charge in [-0.3, -0.25) is 4.79 Å². The van der Waals surface area contributed by atoms with E-state index in [1.54, 1.807) is 0 Å². The van der Waals surface area contributed by atoms with Crippen LogP contribution in [0.1, 0.15) is 51.0 Å². The molecule has 138 valence electrons. The quantitative estimate of drug-likeness (QED) is 0.679. The molecule has 1 fully saturated rings. The maximum Gasteiger partial charge on any atom is 0.235 e. The number of ether oxygens (including phenoxy) is 1. The van der Waals surface area contributed by atoms with E-state index in [2.05, 4.69) is 12.2 Å². The Bertz CT molecular complexity index is 736. The second-order valence-electron chi connectivity index (χ2n) is 6.95. The third kappa shape index (κ3) is 4.04. The fourth-order valence-electron chi connectivity index (χ4n) is 3.73. The van der Waals surface area contributed by atoms with Crippen molar-refractivity contribution in [3.8, 4) is 5.75 Å². The first-order valence-electron chi connectivity index (χ1n) is 9.45. The lowest BCUT2D eigenvalue weighted by Crippen LogP contribution is -2.42. The Morgan fingerprint density at radius 2 is 1.77 bits per heavy atom. The summed E-state index contributed by atoms with van der Waals surface area (Å²) in [5, 5.41) is 3.78. The van der Waals surface area contributed by atoms with E-state index < -0.39 is 5.41 Å². The minimum atomic E-state index is -0.548. The SMILES string of the molecule is CCCOc1ccc(NC(=O)C2(c3ccccc3Cl)CCCCC2)cc1. The fraction of sp³-hybridized carbons (Fsp3) is 0.409. The average molecular weight is 372 g/mol. The van der Waals surface area contributed by atoms with Crippen molar-refractivity contribution >= 4 is 23.2 Å². The predicted octanol–water partition coefficient (Wildman–Crippen LogP) is 5.97. The Hall–Kier alpha value is -2.00. The van der Waals surface area contributed by atoms with Crippen molar-refractivity contribution in [1.29, 1.82) is 0 Å². The van der Waals surface area contributed by atoms with Crippen molar-refractivity contribution in [3.63, 3.8) is 0 Å². The van der Waals surface area contributed by atoms with E-state index in [9.17, 15) is 4.79 Å². The Morgan fingerprint density at radius 1 is 1.08 bits per heavy atom. The number of nitrogens with one attached hydrogen (secondary N) is 1. The second-order valence-corrected chi connectivity index (χ2v) is 7.36. The summed E-state index contributed by atoms with van der Waals surface area (Å²) in [4.78, 5) is 13.3. The molecule has 1 aliphatic rings. The molecule has 2 aromatic carbocycles. The van der Waals surface area contributed by atoms with Gasteiger partial charge in [-0.25, -0.2) is 0 Å². The maximum atomic E-state index is 13.3. The molecular formula is C22H26ClNO2. The van der Waals surface area contributed by atoms with Crippen LogP contribution >= 0.6 is 11.6 Å². The third-order valence-corrected chi connectivity index (χ3v) is 5.45. The lowest BCUT2D eigenvalue weighted by Gasteiger charge is -2.37. The molecule has 2 aromatic rings. The van der Waals surface area contributed by atoms with Crippen LogP contribution in [0.4, 0.5) is 5.69 Å². The van der Waals surface area contributed by atoms with Crippen LogP contribution in [0.25, 0.3) is 0 Å². The zero-order valence-electron chi connectivity index (χ0n) is 15.3. The number of benzene rings is 2. The topological polar surface area (TPSA) is 38.3 Å². The number of halogens is 1. The normalized spacial score (nSPS) is 16.1. The molecular weight excluding hydrogens is 346 g/mol. The van der Waals surface area contributed by atoms with Crippen LogP contribution in [0.5, 0.6) is 5.75 Å². The molecule has 0 atom stereocenters. The van der Waals surface area contributed by atoms with E-state index >= 15 is 0 Å². The average Bonchev–Trinajstić information content (AvgIpc) is 2.68. The number of carbonyl (C=O) groups excluding carboxylic acids is 1. The first-order valence-corrected chi connectivity index (χ1v) is 9.83. The van der Waals surface area contributed by atoms with Gasteiger partial charge >= 0.3 is 0 Å². The summed E-state index contributed by atoms with van der Waals surface area (Å²) in [6.45, 7) is 2.77. The van der Waals surface area contributed by atoms with Gasteiger partial charge in [0, 0.05) is 10.7 Å². The van der Waals surface area contributed by atoms with E-state index in [0.717, 1.165) is 49.1 Å². The van der Waals surface area contributed by atoms with Gasteiger partial charge in [0.25, 0.3) is 0 Å². The first kappa shape index (κ1) is 18.8. The zero-order valence-corrected chi connectivity index (χ0v) is 16.0. The van der Waals surface area contributed by atoms with Crippen molar-refractivity contribution in [1.82, 2.24) is 0 Å². The number of carbonyl (C=O) groups is 1. The Labute approximate surface area is 160 Å². The van der Waals surface area contributed by atoms with Crippen LogP contribution in [0.15, 0.2) is 48.5 Å². The molecule has 0 spiro atoms. The largest absolute Gasteiger partial charge is 0.494 e. The highest BCUT2D eigenvalue weighted by Crippen LogP contribution is 2.43. The molecule has 4 heteroatoms. The number of amides is 1. The van der Waals surface area contributed by atoms with Crippen LogP contribution in [-0.2, 0) is 10.2 Å². The zero-order chi connectivity index (χ0) is 18.4. The molecule has 3 nitrogen and oxygen atoms in total. The van der Waals surface area contributed by atoms with Crippen molar-refractivity contribution in [2.45, 2.75) is 50.9 Å². The Balaban J connectivity index is 1.81. The van der Waals surface area contributed by atoms with E-state index in [1.807, 2.05) is 48.5 Å². The number of hydrogen-bond donors (Lipinski definition) is 1. The van der Waals surface area contributed by atoms with E-state index in [1.165, 1.54) is 6.42 Å². The van der Waals surface area contributed by atoms with Gasteiger partial charge in [0.1, 0.15) is 5.75 Å². The lowest BCUT2D eigenvalue weighted by molar-refractivity contribution is -0.122. The standard InChI is InChI=1S/C22H26ClNO2/c1-2-16-26-18-12-10-17(11-13-18)24-21(25)22(14-6-3-7-15-22)19-8-4-5-9-20(19)23/h4-5,8-13H,2-3,6-7,14-16H2,1H3,(H,24,25). The molecule has 26 heavy (non-hydrogen) atoms. The summed E-state index contributed by atoms with van der Waals surface area (Å²) >= 11 is 6.47. The summed E-state index contributed by atoms with van der Waals surface area (Å²) in [7, 11) is 0. The van der Waals surface area contributed by atoms with Crippen LogP contribution < -0.4 is 10.1 Å². The van der Waals surface area contributed by atoms with E-state index in [-0.39, 0.29) is 5.91 Å². The van der Waals surface area contributed by atoms with E-state index in [0.29, 0.717) is 11.6 Å². The molecule has 0 saturated heterocycles. The highest BCUT2D eigenvalue weighted by Gasteiger charge is 2.42. The second kappa shape index (κ2) is 8.59. The van der Waals surface area contributed by atoms with Gasteiger partial charge in [0.15, 0.2) is 0 Å². The highest BCUT2D eigenvalue weighted by molar-refractivity contribution is 6.31. The minimum Gasteiger partial charge on any atom is -0.494 e. The molecule has 0 bridgehead atoms. The van der Waals surface area contributed by atoms with E-state index in [4.69, 9.17) is 16.3 Å². The highest BCUT2D eigenvalue weighted by atomic mass is 35.5. The maximum absolute atomic E-state index is 13.3. The van der Waals surface area contributed by atoms with Crippen molar-refractivity contribution in [2.75, 3.05) is 11.9 Å². The van der Waals surface area contributed by atoms with Crippen molar-refractivity contribution in [3.05, 3.63) is 59.1 Å².